The van der Waals surface area contributed by atoms with Crippen LogP contribution in [0, 0.1) is 5.92 Å². The van der Waals surface area contributed by atoms with Crippen LogP contribution >= 0.6 is 0 Å². The number of nitrogens with zero attached hydrogens (tertiary/aromatic N) is 2. The lowest BCUT2D eigenvalue weighted by atomic mass is 10.1. The highest BCUT2D eigenvalue weighted by molar-refractivity contribution is 5.86. The topological polar surface area (TPSA) is 59.1 Å². The minimum Gasteiger partial charge on any atom is -0.469 e. The Kier molecular flexibility index (Phi) is 5.37. The SMILES string of the molecule is COC(=O)C1CC(=O)N(CCC(C)N2CCOCC2)C1. The minimum atomic E-state index is -0.286. The van der Waals surface area contributed by atoms with Gasteiger partial charge < -0.3 is 14.4 Å². The smallest absolute Gasteiger partial charge is 0.310 e. The zero-order chi connectivity index (χ0) is 14.5. The predicted molar refractivity (Wildman–Crippen MR) is 73.2 cm³/mol. The number of carbonyl (C=O) groups excluding carboxylic acids is 2. The molecule has 2 rings (SSSR count). The Bertz CT molecular complexity index is 355. The molecule has 0 radical (unpaired) electrons. The average molecular weight is 284 g/mol. The van der Waals surface area contributed by atoms with Gasteiger partial charge in [-0.3, -0.25) is 14.5 Å². The lowest BCUT2D eigenvalue weighted by Gasteiger charge is -2.33. The summed E-state index contributed by atoms with van der Waals surface area (Å²) in [4.78, 5) is 27.5. The molecule has 2 aliphatic heterocycles. The lowest BCUT2D eigenvalue weighted by Crippen LogP contribution is -2.43. The molecular weight excluding hydrogens is 260 g/mol. The number of likely N-dealkylation sites (tertiary alicyclic amines) is 1. The third kappa shape index (κ3) is 3.70. The summed E-state index contributed by atoms with van der Waals surface area (Å²) >= 11 is 0. The second kappa shape index (κ2) is 7.04. The first-order valence-electron chi connectivity index (χ1n) is 7.29. The Hall–Kier alpha value is -1.14. The van der Waals surface area contributed by atoms with Gasteiger partial charge >= 0.3 is 5.97 Å². The zero-order valence-corrected chi connectivity index (χ0v) is 12.3. The van der Waals surface area contributed by atoms with E-state index < -0.39 is 0 Å². The van der Waals surface area contributed by atoms with E-state index >= 15 is 0 Å². The van der Waals surface area contributed by atoms with Crippen LogP contribution in [0.25, 0.3) is 0 Å². The van der Waals surface area contributed by atoms with Gasteiger partial charge in [-0.2, -0.15) is 0 Å². The summed E-state index contributed by atoms with van der Waals surface area (Å²) in [6, 6.07) is 0.434. The monoisotopic (exact) mass is 284 g/mol. The van der Waals surface area contributed by atoms with Gasteiger partial charge in [0.05, 0.1) is 26.2 Å². The van der Waals surface area contributed by atoms with Gasteiger partial charge in [-0.25, -0.2) is 0 Å². The van der Waals surface area contributed by atoms with Crippen molar-refractivity contribution >= 4 is 11.9 Å². The van der Waals surface area contributed by atoms with Crippen LogP contribution in [0.5, 0.6) is 0 Å². The van der Waals surface area contributed by atoms with Crippen LogP contribution in [0.4, 0.5) is 0 Å². The third-order valence-electron chi connectivity index (χ3n) is 4.23. The fourth-order valence-corrected chi connectivity index (χ4v) is 2.86. The van der Waals surface area contributed by atoms with Gasteiger partial charge in [0.15, 0.2) is 0 Å². The number of ether oxygens (including phenoxy) is 2. The van der Waals surface area contributed by atoms with Crippen molar-refractivity contribution in [3.8, 4) is 0 Å². The number of esters is 1. The quantitative estimate of drug-likeness (QED) is 0.671. The standard InChI is InChI=1S/C14H24N2O4/c1-11(15-5-7-20-8-6-15)3-4-16-10-12(9-13(16)17)14(18)19-2/h11-12H,3-10H2,1-2H3. The number of methoxy groups -OCH3 is 1. The van der Waals surface area contributed by atoms with E-state index in [4.69, 9.17) is 9.47 Å². The van der Waals surface area contributed by atoms with Crippen LogP contribution in [-0.4, -0.2) is 74.2 Å². The summed E-state index contributed by atoms with van der Waals surface area (Å²) in [5.41, 5.74) is 0. The average Bonchev–Trinajstić information content (AvgIpc) is 2.86. The van der Waals surface area contributed by atoms with Crippen LogP contribution in [-0.2, 0) is 19.1 Å². The van der Waals surface area contributed by atoms with Crippen molar-refractivity contribution in [3.63, 3.8) is 0 Å². The molecule has 2 unspecified atom stereocenters. The highest BCUT2D eigenvalue weighted by atomic mass is 16.5. The number of hydrogen-bond acceptors (Lipinski definition) is 5. The molecule has 1 amide bonds. The fourth-order valence-electron chi connectivity index (χ4n) is 2.86. The number of morpholine rings is 1. The number of hydrogen-bond donors (Lipinski definition) is 0. The summed E-state index contributed by atoms with van der Waals surface area (Å²) in [6.07, 6.45) is 1.22. The van der Waals surface area contributed by atoms with Gasteiger partial charge in [-0.1, -0.05) is 0 Å². The zero-order valence-electron chi connectivity index (χ0n) is 12.3. The minimum absolute atomic E-state index is 0.0644. The molecule has 6 heteroatoms. The lowest BCUT2D eigenvalue weighted by molar-refractivity contribution is -0.145. The molecule has 2 atom stereocenters. The third-order valence-corrected chi connectivity index (χ3v) is 4.23. The molecule has 0 saturated carbocycles. The molecule has 6 nitrogen and oxygen atoms in total. The Balaban J connectivity index is 1.76. The molecule has 0 aliphatic carbocycles. The Morgan fingerprint density at radius 3 is 2.80 bits per heavy atom. The fraction of sp³-hybridized carbons (Fsp3) is 0.857. The maximum absolute atomic E-state index is 11.9. The second-order valence-corrected chi connectivity index (χ2v) is 5.55. The summed E-state index contributed by atoms with van der Waals surface area (Å²) in [7, 11) is 1.37. The summed E-state index contributed by atoms with van der Waals surface area (Å²) in [6.45, 7) is 6.89. The van der Waals surface area contributed by atoms with Crippen molar-refractivity contribution in [3.05, 3.63) is 0 Å². The molecule has 2 saturated heterocycles. The van der Waals surface area contributed by atoms with Crippen LogP contribution < -0.4 is 0 Å². The maximum Gasteiger partial charge on any atom is 0.310 e. The summed E-state index contributed by atoms with van der Waals surface area (Å²) in [5, 5.41) is 0. The van der Waals surface area contributed by atoms with Crippen LogP contribution in [0.3, 0.4) is 0 Å². The number of carbonyl (C=O) groups is 2. The van der Waals surface area contributed by atoms with Gasteiger partial charge in [0.25, 0.3) is 0 Å². The summed E-state index contributed by atoms with van der Waals surface area (Å²) < 4.78 is 10.1. The van der Waals surface area contributed by atoms with Crippen LogP contribution in [0.2, 0.25) is 0 Å². The molecule has 20 heavy (non-hydrogen) atoms. The van der Waals surface area contributed by atoms with Gasteiger partial charge in [0, 0.05) is 38.6 Å². The highest BCUT2D eigenvalue weighted by Gasteiger charge is 2.35. The van der Waals surface area contributed by atoms with Crippen molar-refractivity contribution in [2.24, 2.45) is 5.92 Å². The van der Waals surface area contributed by atoms with Crippen LogP contribution in [0.1, 0.15) is 19.8 Å². The number of amides is 1. The molecule has 0 N–H and O–H groups in total. The van der Waals surface area contributed by atoms with Gasteiger partial charge in [0.2, 0.25) is 5.91 Å². The van der Waals surface area contributed by atoms with Gasteiger partial charge in [-0.15, -0.1) is 0 Å². The molecule has 0 spiro atoms. The van der Waals surface area contributed by atoms with Crippen LogP contribution in [0.15, 0.2) is 0 Å². The van der Waals surface area contributed by atoms with Crippen molar-refractivity contribution in [2.75, 3.05) is 46.5 Å². The van der Waals surface area contributed by atoms with Gasteiger partial charge in [-0.05, 0) is 13.3 Å². The van der Waals surface area contributed by atoms with E-state index in [1.807, 2.05) is 0 Å². The first-order chi connectivity index (χ1) is 9.61. The molecule has 114 valence electrons. The molecule has 2 heterocycles. The predicted octanol–water partition coefficient (Wildman–Crippen LogP) is 0.119. The van der Waals surface area contributed by atoms with E-state index in [2.05, 4.69) is 11.8 Å². The normalized spacial score (nSPS) is 25.8. The molecule has 2 fully saturated rings. The molecule has 0 aromatic heterocycles. The summed E-state index contributed by atoms with van der Waals surface area (Å²) in [5.74, 6) is -0.497. The molecule has 2 aliphatic rings. The molecule has 0 aromatic rings. The van der Waals surface area contributed by atoms with E-state index in [0.29, 0.717) is 25.6 Å². The van der Waals surface area contributed by atoms with E-state index in [1.165, 1.54) is 7.11 Å². The Morgan fingerprint density at radius 1 is 1.45 bits per heavy atom. The van der Waals surface area contributed by atoms with Crippen molar-refractivity contribution in [1.82, 2.24) is 9.80 Å². The maximum atomic E-state index is 11.9. The highest BCUT2D eigenvalue weighted by Crippen LogP contribution is 2.20. The molecule has 0 aromatic carbocycles. The number of rotatable bonds is 5. The molecule has 0 bridgehead atoms. The molecular formula is C14H24N2O4. The van der Waals surface area contributed by atoms with Crippen molar-refractivity contribution in [1.29, 1.82) is 0 Å². The van der Waals surface area contributed by atoms with Gasteiger partial charge in [0.1, 0.15) is 0 Å². The van der Waals surface area contributed by atoms with E-state index in [1.54, 1.807) is 4.90 Å². The first-order valence-corrected chi connectivity index (χ1v) is 7.29. The van der Waals surface area contributed by atoms with E-state index in [9.17, 15) is 9.59 Å². The second-order valence-electron chi connectivity index (χ2n) is 5.55. The largest absolute Gasteiger partial charge is 0.469 e. The van der Waals surface area contributed by atoms with Crippen molar-refractivity contribution < 1.29 is 19.1 Å². The Morgan fingerprint density at radius 2 is 2.15 bits per heavy atom. The Labute approximate surface area is 120 Å². The first kappa shape index (κ1) is 15.3. The van der Waals surface area contributed by atoms with Crippen molar-refractivity contribution in [2.45, 2.75) is 25.8 Å². The van der Waals surface area contributed by atoms with E-state index in [0.717, 1.165) is 32.7 Å². The van der Waals surface area contributed by atoms with E-state index in [-0.39, 0.29) is 17.8 Å².